The molecule has 1 unspecified atom stereocenters. The molecular formula is C7H12F3NO5. The first-order valence-corrected chi connectivity index (χ1v) is 4.41. The highest BCUT2D eigenvalue weighted by Gasteiger charge is 2.47. The van der Waals surface area contributed by atoms with Crippen molar-refractivity contribution in [2.24, 2.45) is 0 Å². The monoisotopic (exact) mass is 247 g/mol. The van der Waals surface area contributed by atoms with Crippen molar-refractivity contribution in [1.82, 2.24) is 5.32 Å². The summed E-state index contributed by atoms with van der Waals surface area (Å²) in [5.74, 6) is 0. The van der Waals surface area contributed by atoms with Crippen molar-refractivity contribution in [3.05, 3.63) is 0 Å². The Labute approximate surface area is 88.3 Å². The number of hydrogen-bond acceptors (Lipinski definition) is 6. The minimum Gasteiger partial charge on any atom is -0.394 e. The number of ether oxygens (including phenoxy) is 1. The van der Waals surface area contributed by atoms with Gasteiger partial charge in [0.2, 0.25) is 0 Å². The van der Waals surface area contributed by atoms with E-state index < -0.39 is 43.6 Å². The fourth-order valence-electron chi connectivity index (χ4n) is 1.44. The van der Waals surface area contributed by atoms with Crippen LogP contribution in [-0.4, -0.2) is 64.0 Å². The normalized spacial score (nSPS) is 37.7. The van der Waals surface area contributed by atoms with Crippen LogP contribution in [0.25, 0.3) is 0 Å². The van der Waals surface area contributed by atoms with Crippen LogP contribution in [0.4, 0.5) is 13.2 Å². The van der Waals surface area contributed by atoms with Crippen LogP contribution in [0.1, 0.15) is 0 Å². The van der Waals surface area contributed by atoms with Gasteiger partial charge in [0, 0.05) is 0 Å². The predicted molar refractivity (Wildman–Crippen MR) is 43.0 cm³/mol. The summed E-state index contributed by atoms with van der Waals surface area (Å²) < 4.78 is 40.2. The lowest BCUT2D eigenvalue weighted by Gasteiger charge is -2.23. The molecule has 5 atom stereocenters. The quantitative estimate of drug-likeness (QED) is 0.289. The number of halogens is 3. The summed E-state index contributed by atoms with van der Waals surface area (Å²) in [7, 11) is 0. The van der Waals surface area contributed by atoms with Crippen molar-refractivity contribution in [1.29, 1.82) is 0 Å². The van der Waals surface area contributed by atoms with E-state index in [0.29, 0.717) is 0 Å². The molecule has 0 aliphatic carbocycles. The number of nitrogens with one attached hydrogen (secondary N) is 1. The van der Waals surface area contributed by atoms with Gasteiger partial charge in [-0.15, -0.1) is 0 Å². The molecular weight excluding hydrogens is 235 g/mol. The average molecular weight is 247 g/mol. The molecule has 9 heteroatoms. The zero-order valence-corrected chi connectivity index (χ0v) is 7.92. The van der Waals surface area contributed by atoms with Crippen molar-refractivity contribution < 1.29 is 38.3 Å². The Morgan fingerprint density at radius 3 is 2.19 bits per heavy atom. The predicted octanol–water partition coefficient (Wildman–Crippen LogP) is -2.10. The molecule has 1 fully saturated rings. The second-order valence-corrected chi connectivity index (χ2v) is 3.39. The summed E-state index contributed by atoms with van der Waals surface area (Å²) in [4.78, 5) is 0. The second-order valence-electron chi connectivity index (χ2n) is 3.39. The van der Waals surface area contributed by atoms with Crippen molar-refractivity contribution in [3.8, 4) is 0 Å². The summed E-state index contributed by atoms with van der Waals surface area (Å²) in [6.45, 7) is -0.673. The summed E-state index contributed by atoms with van der Waals surface area (Å²) in [6, 6.07) is 0. The van der Waals surface area contributed by atoms with Crippen LogP contribution >= 0.6 is 0 Å². The molecule has 5 N–H and O–H groups in total. The van der Waals surface area contributed by atoms with Gasteiger partial charge in [0.25, 0.3) is 0 Å². The zero-order valence-electron chi connectivity index (χ0n) is 7.92. The number of hydrogen-bond donors (Lipinski definition) is 5. The third-order valence-corrected chi connectivity index (χ3v) is 2.20. The molecule has 1 saturated heterocycles. The molecule has 1 aliphatic heterocycles. The van der Waals surface area contributed by atoms with Gasteiger partial charge >= 0.3 is 6.30 Å². The van der Waals surface area contributed by atoms with Gasteiger partial charge in [-0.3, -0.25) is 0 Å². The van der Waals surface area contributed by atoms with Crippen molar-refractivity contribution in [2.45, 2.75) is 36.9 Å². The first-order chi connectivity index (χ1) is 7.26. The van der Waals surface area contributed by atoms with Gasteiger partial charge in [0.1, 0.15) is 30.6 Å². The fraction of sp³-hybridized carbons (Fsp3) is 1.00. The van der Waals surface area contributed by atoms with Crippen molar-refractivity contribution in [2.75, 3.05) is 6.61 Å². The lowest BCUT2D eigenvalue weighted by Crippen LogP contribution is -2.51. The first-order valence-electron chi connectivity index (χ1n) is 4.41. The lowest BCUT2D eigenvalue weighted by molar-refractivity contribution is -0.203. The Hall–Kier alpha value is -0.450. The Bertz CT molecular complexity index is 239. The maximum atomic E-state index is 11.8. The Morgan fingerprint density at radius 1 is 1.25 bits per heavy atom. The van der Waals surface area contributed by atoms with E-state index in [4.69, 9.17) is 10.2 Å². The van der Waals surface area contributed by atoms with Crippen LogP contribution in [0.15, 0.2) is 0 Å². The molecule has 0 amide bonds. The molecule has 1 aliphatic rings. The average Bonchev–Trinajstić information content (AvgIpc) is 2.41. The van der Waals surface area contributed by atoms with Gasteiger partial charge in [0.15, 0.2) is 0 Å². The van der Waals surface area contributed by atoms with E-state index in [1.165, 1.54) is 0 Å². The highest BCUT2D eigenvalue weighted by Crippen LogP contribution is 2.24. The van der Waals surface area contributed by atoms with E-state index in [-0.39, 0.29) is 0 Å². The summed E-state index contributed by atoms with van der Waals surface area (Å²) in [6.07, 6.45) is -13.2. The largest absolute Gasteiger partial charge is 0.459 e. The van der Waals surface area contributed by atoms with Gasteiger partial charge in [0.05, 0.1) is 6.61 Å². The standard InChI is InChI=1S/C7H12F3NO5/c8-7(9,10)11-6(15)5-4(14)3(13)2(1-12)16-5/h2-6,11-15H,1H2/t2-,3-,4+,5-,6?/m1/s1. The molecule has 0 saturated carbocycles. The third-order valence-electron chi connectivity index (χ3n) is 2.20. The molecule has 1 rings (SSSR count). The molecule has 0 aromatic rings. The zero-order chi connectivity index (χ0) is 12.5. The van der Waals surface area contributed by atoms with E-state index in [0.717, 1.165) is 5.32 Å². The lowest BCUT2D eigenvalue weighted by atomic mass is 10.1. The topological polar surface area (TPSA) is 102 Å². The maximum Gasteiger partial charge on any atom is 0.459 e. The fourth-order valence-corrected chi connectivity index (χ4v) is 1.44. The molecule has 0 aromatic carbocycles. The Kier molecular flexibility index (Phi) is 4.10. The maximum absolute atomic E-state index is 11.8. The highest BCUT2D eigenvalue weighted by atomic mass is 19.4. The SMILES string of the molecule is OC[C@H]1O[C@@H](C(O)NC(F)(F)F)[C@@H](O)[C@@H]1O. The minimum absolute atomic E-state index is 0.673. The molecule has 96 valence electrons. The summed E-state index contributed by atoms with van der Waals surface area (Å²) in [5.41, 5.74) is 0. The van der Waals surface area contributed by atoms with Gasteiger partial charge in [-0.1, -0.05) is 0 Å². The third kappa shape index (κ3) is 3.03. The second kappa shape index (κ2) is 4.82. The van der Waals surface area contributed by atoms with Gasteiger partial charge in [-0.05, 0) is 0 Å². The smallest absolute Gasteiger partial charge is 0.394 e. The van der Waals surface area contributed by atoms with E-state index in [1.54, 1.807) is 0 Å². The molecule has 0 bridgehead atoms. The van der Waals surface area contributed by atoms with Crippen molar-refractivity contribution in [3.63, 3.8) is 0 Å². The molecule has 1 heterocycles. The summed E-state index contributed by atoms with van der Waals surface area (Å²) >= 11 is 0. The minimum atomic E-state index is -4.84. The van der Waals surface area contributed by atoms with E-state index >= 15 is 0 Å². The highest BCUT2D eigenvalue weighted by molar-refractivity contribution is 4.93. The molecule has 16 heavy (non-hydrogen) atoms. The molecule has 0 radical (unpaired) electrons. The Balaban J connectivity index is 2.61. The first kappa shape index (κ1) is 13.6. The van der Waals surface area contributed by atoms with Crippen LogP contribution in [-0.2, 0) is 4.74 Å². The van der Waals surface area contributed by atoms with E-state index in [9.17, 15) is 23.4 Å². The molecule has 0 aromatic heterocycles. The van der Waals surface area contributed by atoms with Gasteiger partial charge < -0.3 is 25.2 Å². The molecule has 0 spiro atoms. The molecule has 6 nitrogen and oxygen atoms in total. The number of alkyl halides is 3. The van der Waals surface area contributed by atoms with Crippen LogP contribution in [0, 0.1) is 0 Å². The van der Waals surface area contributed by atoms with Gasteiger partial charge in [-0.2, -0.15) is 18.5 Å². The van der Waals surface area contributed by atoms with Crippen molar-refractivity contribution >= 4 is 0 Å². The van der Waals surface area contributed by atoms with Crippen LogP contribution in [0.3, 0.4) is 0 Å². The van der Waals surface area contributed by atoms with Crippen LogP contribution < -0.4 is 5.32 Å². The van der Waals surface area contributed by atoms with E-state index in [2.05, 4.69) is 4.74 Å². The number of aliphatic hydroxyl groups is 4. The van der Waals surface area contributed by atoms with Gasteiger partial charge in [-0.25, -0.2) is 0 Å². The Morgan fingerprint density at radius 2 is 1.81 bits per heavy atom. The van der Waals surface area contributed by atoms with Crippen LogP contribution in [0.5, 0.6) is 0 Å². The number of aliphatic hydroxyl groups excluding tert-OH is 4. The summed E-state index contributed by atoms with van der Waals surface area (Å²) in [5, 5.41) is 37.1. The number of rotatable bonds is 3. The van der Waals surface area contributed by atoms with Crippen LogP contribution in [0.2, 0.25) is 0 Å². The van der Waals surface area contributed by atoms with E-state index in [1.807, 2.05) is 0 Å².